The van der Waals surface area contributed by atoms with Gasteiger partial charge in [0.2, 0.25) is 0 Å². The summed E-state index contributed by atoms with van der Waals surface area (Å²) in [7, 11) is 1.43. The second kappa shape index (κ2) is 3.85. The molecule has 0 aromatic carbocycles. The molecule has 1 rings (SSSR count). The van der Waals surface area contributed by atoms with Crippen molar-refractivity contribution in [1.29, 1.82) is 0 Å². The molecule has 0 aliphatic carbocycles. The minimum atomic E-state index is -5.02. The van der Waals surface area contributed by atoms with Crippen molar-refractivity contribution in [2.45, 2.75) is 18.9 Å². The average molecular weight is 203 g/mol. The Bertz CT molecular complexity index is 152. The predicted octanol–water partition coefficient (Wildman–Crippen LogP) is 2.47. The molecule has 1 saturated heterocycles. The van der Waals surface area contributed by atoms with Crippen LogP contribution < -0.4 is 0 Å². The molecule has 0 aromatic rings. The molecule has 0 radical (unpaired) electrons. The van der Waals surface area contributed by atoms with E-state index in [1.165, 1.54) is 7.11 Å². The molecule has 0 aromatic heterocycles. The van der Waals surface area contributed by atoms with Crippen molar-refractivity contribution in [3.05, 3.63) is 0 Å². The normalized spacial score (nSPS) is 27.8. The van der Waals surface area contributed by atoms with E-state index in [4.69, 9.17) is 4.74 Å². The number of halogens is 3. The van der Waals surface area contributed by atoms with Gasteiger partial charge in [-0.2, -0.15) is 4.31 Å². The molecular formula is C6H12F3NOS. The molecule has 1 unspecified atom stereocenters. The van der Waals surface area contributed by atoms with Gasteiger partial charge in [0, 0.05) is 19.7 Å². The van der Waals surface area contributed by atoms with Crippen LogP contribution in [0, 0.1) is 0 Å². The number of methoxy groups -OCH3 is 1. The Kier molecular flexibility index (Phi) is 3.25. The van der Waals surface area contributed by atoms with Gasteiger partial charge in [0.1, 0.15) is 0 Å². The van der Waals surface area contributed by atoms with Gasteiger partial charge in [-0.3, -0.25) is 0 Å². The highest BCUT2D eigenvalue weighted by atomic mass is 32.3. The Labute approximate surface area is 72.0 Å². The summed E-state index contributed by atoms with van der Waals surface area (Å²) in [6.07, 6.45) is 1.22. The highest BCUT2D eigenvalue weighted by Crippen LogP contribution is 2.59. The molecule has 0 saturated carbocycles. The van der Waals surface area contributed by atoms with Crippen LogP contribution >= 0.6 is 11.4 Å². The fourth-order valence-corrected chi connectivity index (χ4v) is 2.28. The second-order valence-electron chi connectivity index (χ2n) is 2.77. The van der Waals surface area contributed by atoms with Crippen LogP contribution in [0.25, 0.3) is 0 Å². The molecule has 1 atom stereocenters. The van der Waals surface area contributed by atoms with E-state index in [1.54, 1.807) is 0 Å². The lowest BCUT2D eigenvalue weighted by Gasteiger charge is -2.27. The van der Waals surface area contributed by atoms with Gasteiger partial charge in [-0.1, -0.05) is 0 Å². The quantitative estimate of drug-likeness (QED) is 0.698. The van der Waals surface area contributed by atoms with Gasteiger partial charge in [0.15, 0.2) is 0 Å². The fraction of sp³-hybridized carbons (Fsp3) is 1.00. The zero-order chi connectivity index (χ0) is 9.19. The first-order chi connectivity index (χ1) is 5.55. The lowest BCUT2D eigenvalue weighted by atomic mass is 10.2. The van der Waals surface area contributed by atoms with Crippen molar-refractivity contribution >= 4 is 11.4 Å². The SMILES string of the molecule is COCC1CCCN1S(F)(F)F. The van der Waals surface area contributed by atoms with Gasteiger partial charge < -0.3 is 4.74 Å². The molecule has 1 heterocycles. The van der Waals surface area contributed by atoms with Crippen molar-refractivity contribution in [1.82, 2.24) is 4.31 Å². The maximum Gasteiger partial charge on any atom is 0.278 e. The van der Waals surface area contributed by atoms with Gasteiger partial charge in [-0.15, -0.1) is 11.7 Å². The molecule has 0 bridgehead atoms. The zero-order valence-electron chi connectivity index (χ0n) is 6.80. The van der Waals surface area contributed by atoms with Crippen LogP contribution in [0.4, 0.5) is 11.7 Å². The third-order valence-electron chi connectivity index (χ3n) is 1.95. The van der Waals surface area contributed by atoms with Gasteiger partial charge in [0.25, 0.3) is 11.4 Å². The van der Waals surface area contributed by atoms with Crippen LogP contribution in [0.2, 0.25) is 0 Å². The number of nitrogens with zero attached hydrogens (tertiary/aromatic N) is 1. The lowest BCUT2D eigenvalue weighted by Crippen LogP contribution is -2.30. The minimum absolute atomic E-state index is 0.146. The van der Waals surface area contributed by atoms with Crippen LogP contribution in [0.1, 0.15) is 12.8 Å². The fourth-order valence-electron chi connectivity index (χ4n) is 1.44. The van der Waals surface area contributed by atoms with Gasteiger partial charge in [0.05, 0.1) is 6.61 Å². The number of rotatable bonds is 3. The van der Waals surface area contributed by atoms with Gasteiger partial charge in [-0.25, -0.2) is 0 Å². The summed E-state index contributed by atoms with van der Waals surface area (Å²) in [6, 6.07) is -0.440. The summed E-state index contributed by atoms with van der Waals surface area (Å²) in [5.74, 6) is 0. The van der Waals surface area contributed by atoms with E-state index in [-0.39, 0.29) is 13.2 Å². The van der Waals surface area contributed by atoms with Crippen LogP contribution in [-0.2, 0) is 4.74 Å². The van der Waals surface area contributed by atoms with E-state index in [2.05, 4.69) is 0 Å². The largest absolute Gasteiger partial charge is 0.383 e. The summed E-state index contributed by atoms with van der Waals surface area (Å²) in [5, 5.41) is 0. The molecule has 6 heteroatoms. The van der Waals surface area contributed by atoms with Crippen molar-refractivity contribution < 1.29 is 16.4 Å². The molecular weight excluding hydrogens is 191 g/mol. The maximum atomic E-state index is 12.3. The average Bonchev–Trinajstić information content (AvgIpc) is 2.34. The molecule has 1 aliphatic rings. The van der Waals surface area contributed by atoms with E-state index < -0.39 is 17.4 Å². The third-order valence-corrected chi connectivity index (χ3v) is 2.96. The Morgan fingerprint density at radius 3 is 2.67 bits per heavy atom. The van der Waals surface area contributed by atoms with Crippen LogP contribution in [0.5, 0.6) is 0 Å². The monoisotopic (exact) mass is 203 g/mol. The summed E-state index contributed by atoms with van der Waals surface area (Å²) in [5.41, 5.74) is 0. The lowest BCUT2D eigenvalue weighted by molar-refractivity contribution is 0.146. The number of hydrogen-bond donors (Lipinski definition) is 0. The van der Waals surface area contributed by atoms with E-state index >= 15 is 0 Å². The van der Waals surface area contributed by atoms with E-state index in [0.29, 0.717) is 17.1 Å². The summed E-state index contributed by atoms with van der Waals surface area (Å²) in [4.78, 5) is 0. The van der Waals surface area contributed by atoms with E-state index in [1.807, 2.05) is 0 Å². The Morgan fingerprint density at radius 1 is 1.50 bits per heavy atom. The molecule has 74 valence electrons. The predicted molar refractivity (Wildman–Crippen MR) is 42.5 cm³/mol. The van der Waals surface area contributed by atoms with Crippen molar-refractivity contribution in [2.75, 3.05) is 20.3 Å². The van der Waals surface area contributed by atoms with Crippen LogP contribution in [0.15, 0.2) is 0 Å². The van der Waals surface area contributed by atoms with Gasteiger partial charge in [-0.05, 0) is 12.8 Å². The first-order valence-corrected chi connectivity index (χ1v) is 5.02. The maximum absolute atomic E-state index is 12.3. The number of hydrogen-bond acceptors (Lipinski definition) is 2. The summed E-state index contributed by atoms with van der Waals surface area (Å²) >= 11 is -5.02. The molecule has 2 nitrogen and oxygen atoms in total. The smallest absolute Gasteiger partial charge is 0.278 e. The number of ether oxygens (including phenoxy) is 1. The molecule has 1 fully saturated rings. The molecule has 0 amide bonds. The first-order valence-electron chi connectivity index (χ1n) is 3.73. The standard InChI is InChI=1S/C6H12F3NOS/c1-11-5-6-3-2-4-10(6)12(7,8)9/h6H,2-5H2,1H3. The first kappa shape index (κ1) is 10.1. The van der Waals surface area contributed by atoms with Crippen LogP contribution in [-0.4, -0.2) is 30.6 Å². The Morgan fingerprint density at radius 2 is 2.17 bits per heavy atom. The molecule has 12 heavy (non-hydrogen) atoms. The molecule has 0 N–H and O–H groups in total. The van der Waals surface area contributed by atoms with E-state index in [0.717, 1.165) is 0 Å². The highest BCUT2D eigenvalue weighted by Gasteiger charge is 2.40. The minimum Gasteiger partial charge on any atom is -0.383 e. The Balaban J connectivity index is 2.52. The summed E-state index contributed by atoms with van der Waals surface area (Å²) < 4.78 is 42.2. The van der Waals surface area contributed by atoms with Crippen molar-refractivity contribution in [3.63, 3.8) is 0 Å². The molecule has 0 spiro atoms. The van der Waals surface area contributed by atoms with Crippen molar-refractivity contribution in [3.8, 4) is 0 Å². The van der Waals surface area contributed by atoms with Gasteiger partial charge >= 0.3 is 0 Å². The topological polar surface area (TPSA) is 12.5 Å². The van der Waals surface area contributed by atoms with Crippen LogP contribution in [0.3, 0.4) is 0 Å². The third kappa shape index (κ3) is 2.27. The zero-order valence-corrected chi connectivity index (χ0v) is 7.62. The Hall–Kier alpha value is 0.0600. The summed E-state index contributed by atoms with van der Waals surface area (Å²) in [6.45, 7) is 0.333. The highest BCUT2D eigenvalue weighted by molar-refractivity contribution is 8.18. The second-order valence-corrected chi connectivity index (χ2v) is 4.01. The molecule has 1 aliphatic heterocycles. The van der Waals surface area contributed by atoms with Crippen molar-refractivity contribution in [2.24, 2.45) is 0 Å². The van der Waals surface area contributed by atoms with E-state index in [9.17, 15) is 11.7 Å².